The van der Waals surface area contributed by atoms with Crippen molar-refractivity contribution in [2.45, 2.75) is 245 Å². The Hall–Kier alpha value is -4.71. The van der Waals surface area contributed by atoms with Gasteiger partial charge >= 0.3 is 17.9 Å². The van der Waals surface area contributed by atoms with E-state index in [0.717, 1.165) is 116 Å². The standard InChI is InChI=1S/C67H106O6/c1-4-7-10-13-16-19-22-25-28-31-33-36-39-42-45-48-51-54-57-60-66(69)72-63-64(62-71-65(68)59-56-53-50-47-44-41-38-35-30-27-24-21-18-15-12-9-6-3)73-67(70)61-58-55-52-49-46-43-40-37-34-32-29-26-23-20-17-14-11-8-5-2/h7-8,10-11,16-17,19-20,25-30,33-34,36-37,42-43,45-46,52,55,64H,4-6,9,12-15,18,21-24,31-32,35,38-41,44,47-51,53-54,56-63H2,1-3H3/b10-7-,11-8-,19-16-,20-17-,28-25-,29-26-,30-27-,36-33-,37-34-,45-42-,46-43-,55-52-/t64-/m0/s1. The van der Waals surface area contributed by atoms with E-state index in [4.69, 9.17) is 14.2 Å². The van der Waals surface area contributed by atoms with Crippen LogP contribution in [-0.4, -0.2) is 37.2 Å². The first kappa shape index (κ1) is 68.3. The minimum absolute atomic E-state index is 0.127. The maximum Gasteiger partial charge on any atom is 0.306 e. The van der Waals surface area contributed by atoms with Crippen LogP contribution >= 0.6 is 0 Å². The molecule has 0 amide bonds. The van der Waals surface area contributed by atoms with Crippen molar-refractivity contribution in [1.82, 2.24) is 0 Å². The van der Waals surface area contributed by atoms with Crippen molar-refractivity contribution >= 4 is 17.9 Å². The van der Waals surface area contributed by atoms with Gasteiger partial charge in [-0.05, 0) is 128 Å². The van der Waals surface area contributed by atoms with E-state index in [2.05, 4.69) is 154 Å². The number of hydrogen-bond acceptors (Lipinski definition) is 6. The number of ether oxygens (including phenoxy) is 3. The molecule has 0 bridgehead atoms. The molecule has 0 aromatic rings. The van der Waals surface area contributed by atoms with E-state index in [1.165, 1.54) is 77.0 Å². The molecule has 0 unspecified atom stereocenters. The number of unbranched alkanes of at least 4 members (excludes halogenated alkanes) is 16. The van der Waals surface area contributed by atoms with Gasteiger partial charge in [0.25, 0.3) is 0 Å². The normalized spacial score (nSPS) is 13.2. The molecule has 410 valence electrons. The fraction of sp³-hybridized carbons (Fsp3) is 0.597. The van der Waals surface area contributed by atoms with Crippen LogP contribution in [0.4, 0.5) is 0 Å². The average molecular weight is 1010 g/mol. The topological polar surface area (TPSA) is 78.9 Å². The maximum absolute atomic E-state index is 12.8. The van der Waals surface area contributed by atoms with Crippen LogP contribution in [-0.2, 0) is 28.6 Å². The molecule has 0 aliphatic heterocycles. The number of allylic oxidation sites excluding steroid dienone is 24. The second-order valence-corrected chi connectivity index (χ2v) is 18.8. The summed E-state index contributed by atoms with van der Waals surface area (Å²) in [4.78, 5) is 38.2. The maximum atomic E-state index is 12.8. The highest BCUT2D eigenvalue weighted by atomic mass is 16.6. The zero-order valence-corrected chi connectivity index (χ0v) is 46.8. The zero-order chi connectivity index (χ0) is 52.9. The summed E-state index contributed by atoms with van der Waals surface area (Å²) in [6, 6.07) is 0. The Labute approximate surface area is 448 Å². The summed E-state index contributed by atoms with van der Waals surface area (Å²) >= 11 is 0. The average Bonchev–Trinajstić information content (AvgIpc) is 3.39. The lowest BCUT2D eigenvalue weighted by Gasteiger charge is -2.18. The summed E-state index contributed by atoms with van der Waals surface area (Å²) in [6.07, 6.45) is 85.6. The van der Waals surface area contributed by atoms with Gasteiger partial charge in [-0.15, -0.1) is 0 Å². The van der Waals surface area contributed by atoms with Crippen LogP contribution in [0.15, 0.2) is 146 Å². The molecule has 0 aromatic carbocycles. The molecule has 6 nitrogen and oxygen atoms in total. The molecular formula is C67H106O6. The van der Waals surface area contributed by atoms with Gasteiger partial charge in [-0.25, -0.2) is 0 Å². The first-order valence-corrected chi connectivity index (χ1v) is 29.3. The van der Waals surface area contributed by atoms with Crippen LogP contribution in [0, 0.1) is 0 Å². The summed E-state index contributed by atoms with van der Waals surface area (Å²) in [6.45, 7) is 6.31. The minimum atomic E-state index is -0.841. The van der Waals surface area contributed by atoms with E-state index in [0.29, 0.717) is 19.3 Å². The highest BCUT2D eigenvalue weighted by molar-refractivity contribution is 5.71. The van der Waals surface area contributed by atoms with E-state index in [1.54, 1.807) is 0 Å². The fourth-order valence-electron chi connectivity index (χ4n) is 7.49. The van der Waals surface area contributed by atoms with Crippen molar-refractivity contribution in [2.24, 2.45) is 0 Å². The zero-order valence-electron chi connectivity index (χ0n) is 46.8. The van der Waals surface area contributed by atoms with Crippen molar-refractivity contribution in [2.75, 3.05) is 13.2 Å². The van der Waals surface area contributed by atoms with E-state index in [-0.39, 0.29) is 31.6 Å². The second kappa shape index (κ2) is 59.8. The molecule has 0 aliphatic carbocycles. The van der Waals surface area contributed by atoms with Gasteiger partial charge in [-0.3, -0.25) is 14.4 Å². The van der Waals surface area contributed by atoms with E-state index in [9.17, 15) is 14.4 Å². The Morgan fingerprint density at radius 2 is 0.562 bits per heavy atom. The van der Waals surface area contributed by atoms with Crippen molar-refractivity contribution in [3.05, 3.63) is 146 Å². The highest BCUT2D eigenvalue weighted by Gasteiger charge is 2.19. The molecular weight excluding hydrogens is 901 g/mol. The fourth-order valence-corrected chi connectivity index (χ4v) is 7.49. The van der Waals surface area contributed by atoms with Crippen LogP contribution in [0.3, 0.4) is 0 Å². The largest absolute Gasteiger partial charge is 0.462 e. The van der Waals surface area contributed by atoms with Gasteiger partial charge in [0.1, 0.15) is 13.2 Å². The molecule has 0 saturated carbocycles. The quantitative estimate of drug-likeness (QED) is 0.0261. The van der Waals surface area contributed by atoms with E-state index in [1.807, 2.05) is 12.2 Å². The SMILES string of the molecule is CC/C=C\C/C=C\C/C=C\C/C=C\C/C=C\C/C=C\CCC(=O)O[C@H](COC(=O)CCCCC/C=C\C/C=C\C/C=C\C/C=C\C/C=C\CC)COC(=O)CCCCCCCCC/C=C\CCCCCCCC. The molecule has 73 heavy (non-hydrogen) atoms. The smallest absolute Gasteiger partial charge is 0.306 e. The third-order valence-corrected chi connectivity index (χ3v) is 11.8. The summed E-state index contributed by atoms with van der Waals surface area (Å²) in [5, 5.41) is 0. The molecule has 0 heterocycles. The highest BCUT2D eigenvalue weighted by Crippen LogP contribution is 2.13. The van der Waals surface area contributed by atoms with Crippen molar-refractivity contribution < 1.29 is 28.6 Å². The molecule has 1 atom stereocenters. The molecule has 0 fully saturated rings. The van der Waals surface area contributed by atoms with Gasteiger partial charge in [-0.2, -0.15) is 0 Å². The lowest BCUT2D eigenvalue weighted by atomic mass is 10.1. The van der Waals surface area contributed by atoms with Crippen molar-refractivity contribution in [3.8, 4) is 0 Å². The summed E-state index contributed by atoms with van der Waals surface area (Å²) in [5.41, 5.74) is 0. The first-order valence-electron chi connectivity index (χ1n) is 29.3. The molecule has 0 N–H and O–H groups in total. The number of hydrogen-bond donors (Lipinski definition) is 0. The number of rotatable bonds is 51. The number of carbonyl (C=O) groups is 3. The van der Waals surface area contributed by atoms with E-state index < -0.39 is 12.1 Å². The Balaban J connectivity index is 4.60. The van der Waals surface area contributed by atoms with Gasteiger partial charge in [0.15, 0.2) is 6.10 Å². The molecule has 0 aliphatic rings. The van der Waals surface area contributed by atoms with Crippen LogP contribution < -0.4 is 0 Å². The lowest BCUT2D eigenvalue weighted by molar-refractivity contribution is -0.166. The summed E-state index contributed by atoms with van der Waals surface area (Å²) in [5.74, 6) is -1.05. The molecule has 0 rings (SSSR count). The third kappa shape index (κ3) is 58.1. The lowest BCUT2D eigenvalue weighted by Crippen LogP contribution is -2.30. The van der Waals surface area contributed by atoms with Gasteiger partial charge in [-0.1, -0.05) is 237 Å². The number of carbonyl (C=O) groups excluding carboxylic acids is 3. The van der Waals surface area contributed by atoms with E-state index >= 15 is 0 Å². The Kier molecular flexibility index (Phi) is 56.0. The Morgan fingerprint density at radius 3 is 0.918 bits per heavy atom. The van der Waals surface area contributed by atoms with Gasteiger partial charge in [0.05, 0.1) is 0 Å². The number of esters is 3. The Bertz CT molecular complexity index is 1630. The van der Waals surface area contributed by atoms with Crippen LogP contribution in [0.1, 0.15) is 239 Å². The Morgan fingerprint density at radius 1 is 0.288 bits per heavy atom. The van der Waals surface area contributed by atoms with Crippen LogP contribution in [0.25, 0.3) is 0 Å². The van der Waals surface area contributed by atoms with Crippen molar-refractivity contribution in [3.63, 3.8) is 0 Å². The summed E-state index contributed by atoms with van der Waals surface area (Å²) < 4.78 is 16.8. The molecule has 0 saturated heterocycles. The van der Waals surface area contributed by atoms with Crippen LogP contribution in [0.5, 0.6) is 0 Å². The molecule has 0 radical (unpaired) electrons. The van der Waals surface area contributed by atoms with Gasteiger partial charge < -0.3 is 14.2 Å². The molecule has 6 heteroatoms. The minimum Gasteiger partial charge on any atom is -0.462 e. The molecule has 0 spiro atoms. The first-order chi connectivity index (χ1) is 36.0. The predicted molar refractivity (Wildman–Crippen MR) is 315 cm³/mol. The van der Waals surface area contributed by atoms with Crippen LogP contribution in [0.2, 0.25) is 0 Å². The van der Waals surface area contributed by atoms with Gasteiger partial charge in [0.2, 0.25) is 0 Å². The second-order valence-electron chi connectivity index (χ2n) is 18.8. The van der Waals surface area contributed by atoms with Crippen molar-refractivity contribution in [1.29, 1.82) is 0 Å². The molecule has 0 aromatic heterocycles. The summed E-state index contributed by atoms with van der Waals surface area (Å²) in [7, 11) is 0. The van der Waals surface area contributed by atoms with Gasteiger partial charge in [0, 0.05) is 19.3 Å². The predicted octanol–water partition coefficient (Wildman–Crippen LogP) is 20.0. The monoisotopic (exact) mass is 1010 g/mol. The third-order valence-electron chi connectivity index (χ3n) is 11.8.